The Bertz CT molecular complexity index is 175. The number of likely N-dealkylation sites (tertiary alicyclic amines) is 1. The summed E-state index contributed by atoms with van der Waals surface area (Å²) in [4.78, 5) is 2.43. The van der Waals surface area contributed by atoms with E-state index in [0.717, 1.165) is 38.5 Å². The second-order valence-electron chi connectivity index (χ2n) is 5.03. The van der Waals surface area contributed by atoms with Gasteiger partial charge in [0.25, 0.3) is 0 Å². The molecule has 3 nitrogen and oxygen atoms in total. The number of aliphatic hydroxyl groups is 1. The molecule has 3 heteroatoms. The van der Waals surface area contributed by atoms with Crippen molar-refractivity contribution >= 4 is 0 Å². The largest absolute Gasteiger partial charge is 0.392 e. The fourth-order valence-corrected chi connectivity index (χ4v) is 2.39. The summed E-state index contributed by atoms with van der Waals surface area (Å²) in [6, 6.07) is 0. The third-order valence-electron chi connectivity index (χ3n) is 3.40. The summed E-state index contributed by atoms with van der Waals surface area (Å²) in [5.74, 6) is 0.782. The average molecular weight is 228 g/mol. The van der Waals surface area contributed by atoms with Crippen LogP contribution in [0.2, 0.25) is 0 Å². The summed E-state index contributed by atoms with van der Waals surface area (Å²) in [6.07, 6.45) is 4.58. The first kappa shape index (κ1) is 13.9. The first-order valence-electron chi connectivity index (χ1n) is 6.87. The van der Waals surface area contributed by atoms with Gasteiger partial charge in [0.1, 0.15) is 0 Å². The van der Waals surface area contributed by atoms with E-state index in [9.17, 15) is 5.11 Å². The molecule has 0 saturated carbocycles. The highest BCUT2D eigenvalue weighted by Crippen LogP contribution is 2.16. The monoisotopic (exact) mass is 228 g/mol. The lowest BCUT2D eigenvalue weighted by molar-refractivity contribution is 0.0821. The predicted molar refractivity (Wildman–Crippen MR) is 68.6 cm³/mol. The van der Waals surface area contributed by atoms with E-state index in [4.69, 9.17) is 0 Å². The number of aliphatic hydroxyl groups excluding tert-OH is 1. The summed E-state index contributed by atoms with van der Waals surface area (Å²) in [5.41, 5.74) is 0. The van der Waals surface area contributed by atoms with Gasteiger partial charge in [0.2, 0.25) is 0 Å². The van der Waals surface area contributed by atoms with Crippen LogP contribution in [0.3, 0.4) is 0 Å². The van der Waals surface area contributed by atoms with Gasteiger partial charge in [0.05, 0.1) is 6.10 Å². The summed E-state index contributed by atoms with van der Waals surface area (Å²) in [6.45, 7) is 9.73. The zero-order valence-corrected chi connectivity index (χ0v) is 10.9. The molecule has 16 heavy (non-hydrogen) atoms. The quantitative estimate of drug-likeness (QED) is 0.648. The molecule has 0 aromatic heterocycles. The van der Waals surface area contributed by atoms with Gasteiger partial charge in [-0.2, -0.15) is 0 Å². The van der Waals surface area contributed by atoms with Crippen LogP contribution in [0.25, 0.3) is 0 Å². The van der Waals surface area contributed by atoms with Crippen LogP contribution in [0.4, 0.5) is 0 Å². The van der Waals surface area contributed by atoms with Gasteiger partial charge >= 0.3 is 0 Å². The van der Waals surface area contributed by atoms with Gasteiger partial charge in [0, 0.05) is 13.1 Å². The minimum Gasteiger partial charge on any atom is -0.392 e. The van der Waals surface area contributed by atoms with E-state index in [2.05, 4.69) is 24.1 Å². The van der Waals surface area contributed by atoms with E-state index in [-0.39, 0.29) is 6.10 Å². The molecule has 0 radical (unpaired) electrons. The average Bonchev–Trinajstić information content (AvgIpc) is 2.30. The van der Waals surface area contributed by atoms with Crippen molar-refractivity contribution in [3.05, 3.63) is 0 Å². The SMILES string of the molecule is CCCNCC1CCCN(CC(O)CC)C1. The number of rotatable bonds is 7. The molecule has 1 aliphatic heterocycles. The molecular formula is C13H28N2O. The molecule has 1 heterocycles. The Balaban J connectivity index is 2.19. The summed E-state index contributed by atoms with van der Waals surface area (Å²) in [7, 11) is 0. The molecule has 0 aromatic rings. The van der Waals surface area contributed by atoms with E-state index in [1.54, 1.807) is 0 Å². The second kappa shape index (κ2) is 8.04. The lowest BCUT2D eigenvalue weighted by atomic mass is 9.97. The highest BCUT2D eigenvalue weighted by Gasteiger charge is 2.20. The van der Waals surface area contributed by atoms with Crippen LogP contribution >= 0.6 is 0 Å². The Morgan fingerprint density at radius 1 is 1.44 bits per heavy atom. The Hall–Kier alpha value is -0.120. The van der Waals surface area contributed by atoms with Crippen molar-refractivity contribution in [2.45, 2.75) is 45.6 Å². The van der Waals surface area contributed by atoms with Crippen LogP contribution < -0.4 is 5.32 Å². The van der Waals surface area contributed by atoms with Crippen molar-refractivity contribution in [1.29, 1.82) is 0 Å². The third kappa shape index (κ3) is 5.28. The van der Waals surface area contributed by atoms with E-state index in [0.29, 0.717) is 0 Å². The van der Waals surface area contributed by atoms with Crippen molar-refractivity contribution in [3.8, 4) is 0 Å². The molecule has 0 aromatic carbocycles. The minimum atomic E-state index is -0.137. The van der Waals surface area contributed by atoms with Crippen LogP contribution in [-0.4, -0.2) is 48.8 Å². The lowest BCUT2D eigenvalue weighted by Crippen LogP contribution is -2.42. The third-order valence-corrected chi connectivity index (χ3v) is 3.40. The van der Waals surface area contributed by atoms with Gasteiger partial charge in [0.15, 0.2) is 0 Å². The smallest absolute Gasteiger partial charge is 0.0664 e. The first-order chi connectivity index (χ1) is 7.76. The number of hydrogen-bond acceptors (Lipinski definition) is 3. The van der Waals surface area contributed by atoms with Gasteiger partial charge < -0.3 is 15.3 Å². The molecule has 0 amide bonds. The molecule has 0 bridgehead atoms. The van der Waals surface area contributed by atoms with Crippen molar-refractivity contribution in [2.75, 3.05) is 32.7 Å². The first-order valence-corrected chi connectivity index (χ1v) is 6.87. The van der Waals surface area contributed by atoms with Gasteiger partial charge in [-0.25, -0.2) is 0 Å². The van der Waals surface area contributed by atoms with Crippen molar-refractivity contribution in [3.63, 3.8) is 0 Å². The maximum absolute atomic E-state index is 9.65. The summed E-state index contributed by atoms with van der Waals surface area (Å²) < 4.78 is 0. The Morgan fingerprint density at radius 2 is 2.25 bits per heavy atom. The molecule has 2 atom stereocenters. The molecule has 1 aliphatic rings. The molecular weight excluding hydrogens is 200 g/mol. The standard InChI is InChI=1S/C13H28N2O/c1-3-7-14-9-12-6-5-8-15(10-12)11-13(16)4-2/h12-14,16H,3-11H2,1-2H3. The number of β-amino-alcohol motifs (C(OH)–C–C–N with tert-alkyl or cyclic N) is 1. The summed E-state index contributed by atoms with van der Waals surface area (Å²) in [5, 5.41) is 13.2. The van der Waals surface area contributed by atoms with Gasteiger partial charge in [-0.3, -0.25) is 0 Å². The van der Waals surface area contributed by atoms with Gasteiger partial charge in [-0.05, 0) is 51.2 Å². The molecule has 1 saturated heterocycles. The molecule has 1 fully saturated rings. The molecule has 2 unspecified atom stereocenters. The van der Waals surface area contributed by atoms with Crippen LogP contribution in [0.5, 0.6) is 0 Å². The highest BCUT2D eigenvalue weighted by atomic mass is 16.3. The van der Waals surface area contributed by atoms with E-state index >= 15 is 0 Å². The Labute approximate surface area is 100 Å². The molecule has 96 valence electrons. The van der Waals surface area contributed by atoms with Crippen molar-refractivity contribution < 1.29 is 5.11 Å². The molecule has 0 spiro atoms. The van der Waals surface area contributed by atoms with Crippen LogP contribution in [0, 0.1) is 5.92 Å². The molecule has 0 aliphatic carbocycles. The maximum atomic E-state index is 9.65. The Kier molecular flexibility index (Phi) is 7.01. The van der Waals surface area contributed by atoms with E-state index in [1.165, 1.54) is 25.8 Å². The Morgan fingerprint density at radius 3 is 2.94 bits per heavy atom. The summed E-state index contributed by atoms with van der Waals surface area (Å²) >= 11 is 0. The van der Waals surface area contributed by atoms with Crippen molar-refractivity contribution in [1.82, 2.24) is 10.2 Å². The molecule has 2 N–H and O–H groups in total. The number of nitrogens with zero attached hydrogens (tertiary/aromatic N) is 1. The van der Waals surface area contributed by atoms with Gasteiger partial charge in [-0.15, -0.1) is 0 Å². The van der Waals surface area contributed by atoms with Crippen LogP contribution in [0.1, 0.15) is 39.5 Å². The van der Waals surface area contributed by atoms with Crippen molar-refractivity contribution in [2.24, 2.45) is 5.92 Å². The van der Waals surface area contributed by atoms with Crippen LogP contribution in [0.15, 0.2) is 0 Å². The second-order valence-corrected chi connectivity index (χ2v) is 5.03. The zero-order chi connectivity index (χ0) is 11.8. The highest BCUT2D eigenvalue weighted by molar-refractivity contribution is 4.76. The molecule has 1 rings (SSSR count). The number of nitrogens with one attached hydrogen (secondary N) is 1. The van der Waals surface area contributed by atoms with E-state index < -0.39 is 0 Å². The predicted octanol–water partition coefficient (Wildman–Crippen LogP) is 1.47. The normalized spacial score (nSPS) is 24.6. The fraction of sp³-hybridized carbons (Fsp3) is 1.00. The lowest BCUT2D eigenvalue weighted by Gasteiger charge is -2.33. The minimum absolute atomic E-state index is 0.137. The maximum Gasteiger partial charge on any atom is 0.0664 e. The van der Waals surface area contributed by atoms with E-state index in [1.807, 2.05) is 0 Å². The topological polar surface area (TPSA) is 35.5 Å². The number of piperidine rings is 1. The van der Waals surface area contributed by atoms with Gasteiger partial charge in [-0.1, -0.05) is 13.8 Å². The fourth-order valence-electron chi connectivity index (χ4n) is 2.39. The zero-order valence-electron chi connectivity index (χ0n) is 10.9. The van der Waals surface area contributed by atoms with Crippen LogP contribution in [-0.2, 0) is 0 Å². The number of hydrogen-bond donors (Lipinski definition) is 2.